The molecule has 8 atom stereocenters. The smallest absolute Gasteiger partial charge is 0.407 e. The lowest BCUT2D eigenvalue weighted by atomic mass is 9.47. The summed E-state index contributed by atoms with van der Waals surface area (Å²) in [5.74, 6) is 4.36. The van der Waals surface area contributed by atoms with Crippen molar-refractivity contribution in [2.75, 3.05) is 6.54 Å². The highest BCUT2D eigenvalue weighted by molar-refractivity contribution is 5.67. The van der Waals surface area contributed by atoms with Gasteiger partial charge in [-0.25, -0.2) is 4.79 Å². The van der Waals surface area contributed by atoms with E-state index in [1.165, 1.54) is 51.4 Å². The molecule has 0 unspecified atom stereocenters. The number of carbonyl (C=O) groups is 2. The van der Waals surface area contributed by atoms with Crippen molar-refractivity contribution in [1.29, 1.82) is 0 Å². The molecule has 41 heavy (non-hydrogen) atoms. The normalized spacial score (nSPS) is 35.2. The molecule has 4 rings (SSSR count). The number of nitrogens with one attached hydrogen (secondary N) is 1. The summed E-state index contributed by atoms with van der Waals surface area (Å²) in [5, 5.41) is 11.7. The van der Waals surface area contributed by atoms with E-state index in [4.69, 9.17) is 9.84 Å². The molecule has 0 aromatic rings. The van der Waals surface area contributed by atoms with Gasteiger partial charge in [-0.2, -0.15) is 0 Å². The fraction of sp³-hybridized carbons (Fsp3) is 0.889. The Balaban J connectivity index is 1.24. The number of fused-ring (bicyclic) bond motifs is 5. The quantitative estimate of drug-likeness (QED) is 0.161. The first kappa shape index (κ1) is 32.4. The summed E-state index contributed by atoms with van der Waals surface area (Å²) in [4.78, 5) is 23.1. The summed E-state index contributed by atoms with van der Waals surface area (Å²) >= 11 is 0. The predicted octanol–water partition coefficient (Wildman–Crippen LogP) is 9.55. The maximum atomic E-state index is 12.5. The molecule has 0 aromatic carbocycles. The summed E-state index contributed by atoms with van der Waals surface area (Å²) in [6.45, 7) is 13.1. The number of aliphatic carboxylic acids is 1. The van der Waals surface area contributed by atoms with E-state index in [0.29, 0.717) is 12.0 Å². The number of carboxylic acid groups (broad SMARTS) is 1. The molecule has 5 nitrogen and oxygen atoms in total. The molecule has 0 aromatic heterocycles. The van der Waals surface area contributed by atoms with E-state index in [1.807, 2.05) is 0 Å². The largest absolute Gasteiger partial charge is 0.481 e. The van der Waals surface area contributed by atoms with Crippen LogP contribution in [-0.2, 0) is 9.53 Å². The molecule has 0 spiro atoms. The van der Waals surface area contributed by atoms with Gasteiger partial charge in [0, 0.05) is 19.4 Å². The van der Waals surface area contributed by atoms with Crippen LogP contribution in [0.4, 0.5) is 4.79 Å². The van der Waals surface area contributed by atoms with Crippen LogP contribution >= 0.6 is 0 Å². The van der Waals surface area contributed by atoms with Crippen molar-refractivity contribution in [3.8, 4) is 0 Å². The first-order valence-electron chi connectivity index (χ1n) is 17.4. The van der Waals surface area contributed by atoms with Crippen LogP contribution in [0.15, 0.2) is 11.6 Å². The lowest BCUT2D eigenvalue weighted by Crippen LogP contribution is -2.51. The molecule has 5 heteroatoms. The van der Waals surface area contributed by atoms with Crippen LogP contribution in [0.25, 0.3) is 0 Å². The molecule has 0 bridgehead atoms. The average Bonchev–Trinajstić information content (AvgIpc) is 3.27. The maximum absolute atomic E-state index is 12.5. The number of alkyl carbamates (subject to hydrolysis) is 1. The van der Waals surface area contributed by atoms with E-state index in [9.17, 15) is 9.59 Å². The molecule has 3 saturated carbocycles. The number of unbranched alkanes of at least 4 members (excludes halogenated alkanes) is 4. The molecule has 0 aliphatic heterocycles. The van der Waals surface area contributed by atoms with Crippen molar-refractivity contribution in [3.05, 3.63) is 11.6 Å². The van der Waals surface area contributed by atoms with Gasteiger partial charge in [-0.3, -0.25) is 4.79 Å². The van der Waals surface area contributed by atoms with Gasteiger partial charge in [0.1, 0.15) is 6.10 Å². The zero-order valence-electron chi connectivity index (χ0n) is 27.0. The Hall–Kier alpha value is -1.52. The van der Waals surface area contributed by atoms with Crippen LogP contribution < -0.4 is 5.32 Å². The van der Waals surface area contributed by atoms with Crippen LogP contribution in [0.2, 0.25) is 0 Å². The van der Waals surface area contributed by atoms with Crippen LogP contribution in [0.3, 0.4) is 0 Å². The van der Waals surface area contributed by atoms with Crippen molar-refractivity contribution in [2.24, 2.45) is 46.3 Å². The Kier molecular flexibility index (Phi) is 11.3. The molecule has 4 aliphatic rings. The van der Waals surface area contributed by atoms with Crippen molar-refractivity contribution in [2.45, 2.75) is 150 Å². The first-order valence-corrected chi connectivity index (χ1v) is 17.4. The van der Waals surface area contributed by atoms with E-state index in [-0.39, 0.29) is 24.0 Å². The maximum Gasteiger partial charge on any atom is 0.407 e. The second kappa shape index (κ2) is 14.3. The lowest BCUT2D eigenvalue weighted by Gasteiger charge is -2.58. The Morgan fingerprint density at radius 1 is 0.951 bits per heavy atom. The number of amides is 1. The highest BCUT2D eigenvalue weighted by atomic mass is 16.6. The number of carboxylic acids is 1. The molecular weight excluding hydrogens is 510 g/mol. The molecule has 234 valence electrons. The van der Waals surface area contributed by atoms with Gasteiger partial charge in [0.05, 0.1) is 0 Å². The second-order valence-electron chi connectivity index (χ2n) is 15.4. The Labute approximate surface area is 251 Å². The third-order valence-corrected chi connectivity index (χ3v) is 12.4. The van der Waals surface area contributed by atoms with Gasteiger partial charge in [0.25, 0.3) is 0 Å². The zero-order chi connectivity index (χ0) is 29.6. The predicted molar refractivity (Wildman–Crippen MR) is 167 cm³/mol. The van der Waals surface area contributed by atoms with Gasteiger partial charge in [0.2, 0.25) is 0 Å². The van der Waals surface area contributed by atoms with Crippen molar-refractivity contribution < 1.29 is 19.4 Å². The monoisotopic (exact) mass is 571 g/mol. The van der Waals surface area contributed by atoms with E-state index >= 15 is 0 Å². The first-order chi connectivity index (χ1) is 19.5. The van der Waals surface area contributed by atoms with Gasteiger partial charge in [-0.05, 0) is 104 Å². The number of hydrogen-bond donors (Lipinski definition) is 2. The summed E-state index contributed by atoms with van der Waals surface area (Å²) in [6.07, 6.45) is 21.3. The summed E-state index contributed by atoms with van der Waals surface area (Å²) < 4.78 is 5.91. The van der Waals surface area contributed by atoms with E-state index in [0.717, 1.165) is 86.9 Å². The van der Waals surface area contributed by atoms with Gasteiger partial charge in [0.15, 0.2) is 0 Å². The van der Waals surface area contributed by atoms with Gasteiger partial charge in [-0.15, -0.1) is 0 Å². The molecular formula is C36H61NO4. The SMILES string of the molecule is CC(C)CCC[C@@H](C)[C@H]1CC[C@H]2[C@@H]3CC=C4C[C@@H](OC(=O)NCCCCCCCC(=O)O)CC[C@]4(C)[C@H]3CC[C@]12C. The number of rotatable bonds is 14. The Morgan fingerprint density at radius 2 is 1.71 bits per heavy atom. The standard InChI is InChI=1S/C36H61NO4/c1-25(2)12-11-13-26(3)30-17-18-31-29-16-15-27-24-28(19-21-35(27,4)32(29)20-22-36(30,31)5)41-34(40)37-23-10-8-6-7-9-14-33(38)39/h15,25-26,28-32H,6-14,16-24H2,1-5H3,(H,37,40)(H,38,39)/t26-,28+,29+,30-,31+,32+,35+,36-/m1/s1. The van der Waals surface area contributed by atoms with Gasteiger partial charge < -0.3 is 15.2 Å². The third-order valence-electron chi connectivity index (χ3n) is 12.4. The Bertz CT molecular complexity index is 913. The summed E-state index contributed by atoms with van der Waals surface area (Å²) in [7, 11) is 0. The average molecular weight is 572 g/mol. The molecule has 0 radical (unpaired) electrons. The molecule has 2 N–H and O–H groups in total. The molecule has 1 amide bonds. The fourth-order valence-corrected chi connectivity index (χ4v) is 10.1. The van der Waals surface area contributed by atoms with Gasteiger partial charge >= 0.3 is 12.1 Å². The van der Waals surface area contributed by atoms with E-state index in [2.05, 4.69) is 46.0 Å². The van der Waals surface area contributed by atoms with Crippen molar-refractivity contribution >= 4 is 12.1 Å². The molecule has 4 aliphatic carbocycles. The van der Waals surface area contributed by atoms with E-state index < -0.39 is 5.97 Å². The summed E-state index contributed by atoms with van der Waals surface area (Å²) in [6, 6.07) is 0. The van der Waals surface area contributed by atoms with Crippen LogP contribution in [0.5, 0.6) is 0 Å². The lowest BCUT2D eigenvalue weighted by molar-refractivity contribution is -0.137. The Morgan fingerprint density at radius 3 is 2.46 bits per heavy atom. The minimum Gasteiger partial charge on any atom is -0.481 e. The topological polar surface area (TPSA) is 75.6 Å². The van der Waals surface area contributed by atoms with E-state index in [1.54, 1.807) is 5.57 Å². The highest BCUT2D eigenvalue weighted by Crippen LogP contribution is 2.67. The van der Waals surface area contributed by atoms with Crippen molar-refractivity contribution in [3.63, 3.8) is 0 Å². The fourth-order valence-electron chi connectivity index (χ4n) is 10.1. The minimum absolute atomic E-state index is 0.00157. The molecule has 0 saturated heterocycles. The highest BCUT2D eigenvalue weighted by Gasteiger charge is 2.59. The number of hydrogen-bond acceptors (Lipinski definition) is 3. The van der Waals surface area contributed by atoms with Crippen LogP contribution in [0, 0.1) is 46.3 Å². The second-order valence-corrected chi connectivity index (χ2v) is 15.4. The number of ether oxygens (including phenoxy) is 1. The number of carbonyl (C=O) groups excluding carboxylic acids is 1. The third kappa shape index (κ3) is 7.71. The summed E-state index contributed by atoms with van der Waals surface area (Å²) in [5.41, 5.74) is 2.38. The molecule has 3 fully saturated rings. The van der Waals surface area contributed by atoms with Crippen molar-refractivity contribution in [1.82, 2.24) is 5.32 Å². The number of allylic oxidation sites excluding steroid dienone is 1. The van der Waals surface area contributed by atoms with Crippen LogP contribution in [-0.4, -0.2) is 29.8 Å². The van der Waals surface area contributed by atoms with Gasteiger partial charge in [-0.1, -0.05) is 84.8 Å². The molecule has 0 heterocycles. The van der Waals surface area contributed by atoms with Crippen LogP contribution in [0.1, 0.15) is 144 Å². The minimum atomic E-state index is -0.720. The zero-order valence-corrected chi connectivity index (χ0v) is 27.0.